The molecule has 0 heterocycles. The lowest BCUT2D eigenvalue weighted by Gasteiger charge is -2.25. The number of carbonyl (C=O) groups is 3. The van der Waals surface area contributed by atoms with Gasteiger partial charge in [-0.1, -0.05) is 361 Å². The highest BCUT2D eigenvalue weighted by Crippen LogP contribution is 2.17. The van der Waals surface area contributed by atoms with Gasteiger partial charge in [-0.05, 0) is 154 Å². The summed E-state index contributed by atoms with van der Waals surface area (Å²) in [6.07, 6.45) is 128. The molecule has 9 heteroatoms. The first-order valence-corrected chi connectivity index (χ1v) is 41.9. The Morgan fingerprint density at radius 3 is 0.762 bits per heavy atom. The number of carbonyl (C=O) groups excluding carboxylic acids is 2. The highest BCUT2D eigenvalue weighted by atomic mass is 16.7. The molecule has 0 aliphatic rings. The van der Waals surface area contributed by atoms with E-state index < -0.39 is 24.3 Å². The minimum absolute atomic E-state index is 0.177. The zero-order chi connectivity index (χ0) is 76.0. The number of carboxylic acids is 1. The van der Waals surface area contributed by atoms with Gasteiger partial charge >= 0.3 is 17.9 Å². The molecule has 0 aliphatic carbocycles. The van der Waals surface area contributed by atoms with E-state index >= 15 is 0 Å². The number of allylic oxidation sites excluding steroid dienone is 36. The van der Waals surface area contributed by atoms with Crippen molar-refractivity contribution in [1.29, 1.82) is 0 Å². The first kappa shape index (κ1) is 98.6. The summed E-state index contributed by atoms with van der Waals surface area (Å²) in [5.41, 5.74) is 0. The van der Waals surface area contributed by atoms with Crippen molar-refractivity contribution in [1.82, 2.24) is 0 Å². The Labute approximate surface area is 645 Å². The van der Waals surface area contributed by atoms with Crippen LogP contribution in [0.2, 0.25) is 0 Å². The summed E-state index contributed by atoms with van der Waals surface area (Å²) < 4.78 is 23.0. The van der Waals surface area contributed by atoms with Crippen molar-refractivity contribution in [2.24, 2.45) is 0 Å². The second kappa shape index (κ2) is 83.3. The SMILES string of the molecule is CC/C=C\C/C=C\C/C=C\C/C=C\C/C=C\C/C=C\C/C=C\C/C=C\C/C=C\C/C=C\CCCCCCCCCCC(=O)OC(COC(=O)CCCCCCCCCCCCCCCCCC/C=C\C/C=C\C/C=C\C/C=C\C/C=C\C/C=C\C/C=C\C/C=C\CC)COC(OCC[N+](C)(C)C)C(=O)O. The zero-order valence-corrected chi connectivity index (χ0v) is 67.5. The molecule has 105 heavy (non-hydrogen) atoms. The molecule has 0 rings (SSSR count). The van der Waals surface area contributed by atoms with Crippen LogP contribution in [0.3, 0.4) is 0 Å². The molecule has 0 aromatic rings. The summed E-state index contributed by atoms with van der Waals surface area (Å²) in [7, 11) is 5.97. The van der Waals surface area contributed by atoms with Gasteiger partial charge in [-0.3, -0.25) is 9.59 Å². The van der Waals surface area contributed by atoms with Crippen LogP contribution in [0.4, 0.5) is 0 Å². The Hall–Kier alpha value is -6.39. The van der Waals surface area contributed by atoms with Gasteiger partial charge in [-0.15, -0.1) is 0 Å². The number of hydrogen-bond acceptors (Lipinski definition) is 7. The van der Waals surface area contributed by atoms with E-state index in [4.69, 9.17) is 18.9 Å². The van der Waals surface area contributed by atoms with Crippen LogP contribution >= 0.6 is 0 Å². The van der Waals surface area contributed by atoms with E-state index in [1.165, 1.54) is 116 Å². The van der Waals surface area contributed by atoms with Crippen molar-refractivity contribution in [3.05, 3.63) is 219 Å². The largest absolute Gasteiger partial charge is 0.477 e. The highest BCUT2D eigenvalue weighted by molar-refractivity contribution is 5.71. The van der Waals surface area contributed by atoms with E-state index in [0.717, 1.165) is 161 Å². The Bertz CT molecular complexity index is 2550. The number of hydrogen-bond donors (Lipinski definition) is 1. The Kier molecular flexibility index (Phi) is 78.2. The van der Waals surface area contributed by atoms with Crippen molar-refractivity contribution in [2.75, 3.05) is 47.5 Å². The van der Waals surface area contributed by atoms with E-state index in [1.54, 1.807) is 0 Å². The first-order valence-electron chi connectivity index (χ1n) is 41.9. The number of ether oxygens (including phenoxy) is 4. The molecule has 0 aliphatic heterocycles. The number of likely N-dealkylation sites (N-methyl/N-ethyl adjacent to an activating group) is 1. The summed E-state index contributed by atoms with van der Waals surface area (Å²) in [5.74, 6) is -2.03. The van der Waals surface area contributed by atoms with Gasteiger partial charge in [0, 0.05) is 12.8 Å². The van der Waals surface area contributed by atoms with Gasteiger partial charge in [0.25, 0.3) is 6.29 Å². The van der Waals surface area contributed by atoms with E-state index in [9.17, 15) is 19.5 Å². The van der Waals surface area contributed by atoms with Gasteiger partial charge in [-0.25, -0.2) is 4.79 Å². The molecule has 0 saturated carbocycles. The molecular formula is C96H154NO8+. The summed E-state index contributed by atoms with van der Waals surface area (Å²) in [6, 6.07) is 0. The van der Waals surface area contributed by atoms with Gasteiger partial charge in [0.1, 0.15) is 13.2 Å². The highest BCUT2D eigenvalue weighted by Gasteiger charge is 2.25. The molecule has 9 nitrogen and oxygen atoms in total. The summed E-state index contributed by atoms with van der Waals surface area (Å²) in [4.78, 5) is 37.8. The van der Waals surface area contributed by atoms with Crippen molar-refractivity contribution >= 4 is 17.9 Å². The molecule has 590 valence electrons. The Morgan fingerprint density at radius 2 is 0.514 bits per heavy atom. The number of nitrogens with zero attached hydrogens (tertiary/aromatic N) is 1. The summed E-state index contributed by atoms with van der Waals surface area (Å²) in [6.45, 7) is 4.63. The number of esters is 2. The number of rotatable bonds is 75. The topological polar surface area (TPSA) is 108 Å². The fraction of sp³-hybridized carbons (Fsp3) is 0.594. The maximum atomic E-state index is 13.0. The smallest absolute Gasteiger partial charge is 0.361 e. The minimum atomic E-state index is -1.53. The molecule has 2 unspecified atom stereocenters. The van der Waals surface area contributed by atoms with Crippen molar-refractivity contribution in [3.63, 3.8) is 0 Å². The monoisotopic (exact) mass is 1450 g/mol. The lowest BCUT2D eigenvalue weighted by molar-refractivity contribution is -0.870. The fourth-order valence-corrected chi connectivity index (χ4v) is 10.9. The van der Waals surface area contributed by atoms with Crippen LogP contribution in [0.15, 0.2) is 219 Å². The molecule has 0 aromatic carbocycles. The van der Waals surface area contributed by atoms with E-state index in [-0.39, 0.29) is 38.6 Å². The lowest BCUT2D eigenvalue weighted by atomic mass is 10.0. The minimum Gasteiger partial charge on any atom is -0.477 e. The maximum absolute atomic E-state index is 13.0. The number of quaternary nitrogens is 1. The third kappa shape index (κ3) is 84.7. The van der Waals surface area contributed by atoms with Crippen LogP contribution in [0.25, 0.3) is 0 Å². The number of aliphatic carboxylic acids is 1. The van der Waals surface area contributed by atoms with E-state index in [2.05, 4.69) is 233 Å². The van der Waals surface area contributed by atoms with Gasteiger partial charge in [0.05, 0.1) is 34.4 Å². The fourth-order valence-electron chi connectivity index (χ4n) is 10.9. The predicted molar refractivity (Wildman–Crippen MR) is 455 cm³/mol. The lowest BCUT2D eigenvalue weighted by Crippen LogP contribution is -2.40. The molecule has 0 amide bonds. The Balaban J connectivity index is 4.11. The summed E-state index contributed by atoms with van der Waals surface area (Å²) in [5, 5.41) is 9.79. The molecule has 1 N–H and O–H groups in total. The average molecular weight is 1450 g/mol. The van der Waals surface area contributed by atoms with Crippen LogP contribution in [-0.2, 0) is 33.3 Å². The number of carboxylic acid groups (broad SMARTS) is 1. The van der Waals surface area contributed by atoms with Crippen LogP contribution in [0, 0.1) is 0 Å². The third-order valence-corrected chi connectivity index (χ3v) is 17.2. The van der Waals surface area contributed by atoms with Crippen molar-refractivity contribution in [2.45, 2.75) is 322 Å². The summed E-state index contributed by atoms with van der Waals surface area (Å²) >= 11 is 0. The maximum Gasteiger partial charge on any atom is 0.361 e. The average Bonchev–Trinajstić information content (AvgIpc) is 1.97. The van der Waals surface area contributed by atoms with Gasteiger partial charge in [0.15, 0.2) is 6.10 Å². The van der Waals surface area contributed by atoms with E-state index in [1.807, 2.05) is 21.1 Å². The van der Waals surface area contributed by atoms with Crippen molar-refractivity contribution in [3.8, 4) is 0 Å². The molecule has 0 bridgehead atoms. The van der Waals surface area contributed by atoms with Gasteiger partial charge in [-0.2, -0.15) is 0 Å². The molecule has 0 fully saturated rings. The molecule has 2 atom stereocenters. The van der Waals surface area contributed by atoms with Gasteiger partial charge < -0.3 is 28.5 Å². The molecule has 0 aromatic heterocycles. The molecule has 0 spiro atoms. The first-order chi connectivity index (χ1) is 51.6. The van der Waals surface area contributed by atoms with Crippen molar-refractivity contribution < 1.29 is 42.9 Å². The Morgan fingerprint density at radius 1 is 0.286 bits per heavy atom. The standard InChI is InChI=1S/C96H153NO8/c1-6-8-10-12-14-16-18-20-22-24-26-28-30-32-34-36-38-40-42-44-46-47-49-50-52-54-56-58-60-62-64-66-68-70-72-74-76-78-80-82-84-86-93(98)103-90-92(91-104-96(95(100)101)102-89-88-97(3,4)5)105-94(99)87-85-83-81-79-77-75-73-71-69-67-65-63-61-59-57-55-53-51-48-45-43-41-39-37-35-33-31-29-27-25-23-21-19-17-15-13-11-9-7-2/h8-11,14-17,20-23,26-29,32-35,38-41,44-46,48-50,53,55,59,61,65,67,92,96H,6-7,12-13,18-19,24-25,30-31,36-37,42-43,47,51-52,54,56-58,60,62-64,66,68-91H2,1-5H3/p+1/b10-8-,11-9-,16-14-,17-15-,22-20-,23-21-,28-26-,29-27-,34-32-,35-33-,40-38-,41-39-,46-44-,48-45-,50-49-,55-53-,61-59-,67-65-. The third-order valence-electron chi connectivity index (χ3n) is 17.2. The quantitative estimate of drug-likeness (QED) is 0.0211. The number of unbranched alkanes of at least 4 members (excludes halogenated alkanes) is 24. The van der Waals surface area contributed by atoms with Crippen LogP contribution in [-0.4, -0.2) is 87.4 Å². The van der Waals surface area contributed by atoms with E-state index in [0.29, 0.717) is 17.4 Å². The normalized spacial score (nSPS) is 13.8. The van der Waals surface area contributed by atoms with Gasteiger partial charge in [0.2, 0.25) is 0 Å². The second-order valence-electron chi connectivity index (χ2n) is 28.3. The second-order valence-corrected chi connectivity index (χ2v) is 28.3. The molecule has 0 saturated heterocycles. The molecular weight excluding hydrogens is 1300 g/mol. The van der Waals surface area contributed by atoms with Crippen LogP contribution in [0.1, 0.15) is 309 Å². The van der Waals surface area contributed by atoms with Crippen LogP contribution < -0.4 is 0 Å². The molecule has 0 radical (unpaired) electrons. The van der Waals surface area contributed by atoms with Crippen LogP contribution in [0.5, 0.6) is 0 Å². The predicted octanol–water partition coefficient (Wildman–Crippen LogP) is 27.6. The zero-order valence-electron chi connectivity index (χ0n) is 67.5.